The molecule has 1 aromatic rings. The SMILES string of the molecule is CCCCCCCCCCCCCCCCCC(=O)n1[nH]c(=S)c(C(N)=O)c1N. The molecule has 0 saturated heterocycles. The van der Waals surface area contributed by atoms with Crippen LogP contribution in [0.25, 0.3) is 0 Å². The van der Waals surface area contributed by atoms with Crippen LogP contribution < -0.4 is 11.5 Å². The highest BCUT2D eigenvalue weighted by atomic mass is 32.1. The standard InChI is InChI=1S/C22H40N4O2S/c1-2-3-4-5-6-7-8-9-10-11-12-13-14-15-16-17-18(27)26-20(23)19(21(24)28)22(29)25-26/h2-17,23H2,1H3,(H2,24,28)(H,25,29). The lowest BCUT2D eigenvalue weighted by molar-refractivity contribution is 0.0886. The molecule has 0 radical (unpaired) electrons. The Morgan fingerprint density at radius 3 is 1.62 bits per heavy atom. The number of carbonyl (C=O) groups is 2. The van der Waals surface area contributed by atoms with Gasteiger partial charge in [-0.25, -0.2) is 4.68 Å². The van der Waals surface area contributed by atoms with E-state index in [0.29, 0.717) is 6.42 Å². The number of nitrogens with two attached hydrogens (primary N) is 2. The van der Waals surface area contributed by atoms with Crippen molar-refractivity contribution in [1.82, 2.24) is 9.78 Å². The number of amides is 1. The van der Waals surface area contributed by atoms with Crippen molar-refractivity contribution in [2.24, 2.45) is 5.73 Å². The number of aromatic nitrogens is 2. The van der Waals surface area contributed by atoms with Crippen LogP contribution in [0.3, 0.4) is 0 Å². The Labute approximate surface area is 180 Å². The zero-order valence-electron chi connectivity index (χ0n) is 18.1. The molecule has 0 aliphatic heterocycles. The largest absolute Gasteiger partial charge is 0.383 e. The van der Waals surface area contributed by atoms with E-state index in [9.17, 15) is 9.59 Å². The third kappa shape index (κ3) is 10.1. The van der Waals surface area contributed by atoms with E-state index < -0.39 is 5.91 Å². The molecule has 7 heteroatoms. The number of anilines is 1. The van der Waals surface area contributed by atoms with E-state index in [1.807, 2.05) is 0 Å². The van der Waals surface area contributed by atoms with Gasteiger partial charge >= 0.3 is 0 Å². The molecule has 0 atom stereocenters. The molecule has 166 valence electrons. The Kier molecular flexibility index (Phi) is 13.4. The third-order valence-electron chi connectivity index (χ3n) is 5.43. The lowest BCUT2D eigenvalue weighted by atomic mass is 10.0. The van der Waals surface area contributed by atoms with Crippen LogP contribution in [0, 0.1) is 4.64 Å². The summed E-state index contributed by atoms with van der Waals surface area (Å²) in [5.74, 6) is -0.897. The number of carbonyl (C=O) groups excluding carboxylic acids is 2. The molecular formula is C22H40N4O2S. The molecule has 0 unspecified atom stereocenters. The molecule has 0 aliphatic carbocycles. The lowest BCUT2D eigenvalue weighted by Crippen LogP contribution is -2.17. The summed E-state index contributed by atoms with van der Waals surface area (Å²) in [5, 5.41) is 2.65. The van der Waals surface area contributed by atoms with Crippen LogP contribution in [0.15, 0.2) is 0 Å². The number of rotatable bonds is 17. The molecule has 0 spiro atoms. The Morgan fingerprint density at radius 2 is 1.24 bits per heavy atom. The zero-order valence-corrected chi connectivity index (χ0v) is 19.0. The summed E-state index contributed by atoms with van der Waals surface area (Å²) >= 11 is 5.00. The number of hydrogen-bond acceptors (Lipinski definition) is 4. The molecule has 0 bridgehead atoms. The summed E-state index contributed by atoms with van der Waals surface area (Å²) in [6.45, 7) is 2.26. The van der Waals surface area contributed by atoms with Crippen LogP contribution in [0.2, 0.25) is 0 Å². The van der Waals surface area contributed by atoms with E-state index >= 15 is 0 Å². The van der Waals surface area contributed by atoms with Crippen LogP contribution in [0.4, 0.5) is 5.82 Å². The van der Waals surface area contributed by atoms with E-state index in [1.54, 1.807) is 0 Å². The zero-order chi connectivity index (χ0) is 21.5. The highest BCUT2D eigenvalue weighted by molar-refractivity contribution is 7.71. The van der Waals surface area contributed by atoms with E-state index in [2.05, 4.69) is 12.0 Å². The fourth-order valence-electron chi connectivity index (χ4n) is 3.64. The predicted octanol–water partition coefficient (Wildman–Crippen LogP) is 6.13. The van der Waals surface area contributed by atoms with Crippen molar-refractivity contribution >= 4 is 29.9 Å². The first kappa shape index (κ1) is 25.4. The number of unbranched alkanes of at least 4 members (excludes halogenated alkanes) is 14. The van der Waals surface area contributed by atoms with Crippen molar-refractivity contribution in [3.63, 3.8) is 0 Å². The van der Waals surface area contributed by atoms with Crippen LogP contribution >= 0.6 is 12.2 Å². The van der Waals surface area contributed by atoms with Crippen molar-refractivity contribution in [3.05, 3.63) is 10.2 Å². The lowest BCUT2D eigenvalue weighted by Gasteiger charge is -2.05. The second-order valence-corrected chi connectivity index (χ2v) is 8.40. The number of nitrogen functional groups attached to an aromatic ring is 1. The van der Waals surface area contributed by atoms with Crippen LogP contribution in [-0.2, 0) is 0 Å². The van der Waals surface area contributed by atoms with Gasteiger partial charge in [0.05, 0.1) is 0 Å². The fourth-order valence-corrected chi connectivity index (χ4v) is 3.94. The summed E-state index contributed by atoms with van der Waals surface area (Å²) in [6.07, 6.45) is 19.6. The molecular weight excluding hydrogens is 384 g/mol. The van der Waals surface area contributed by atoms with Crippen molar-refractivity contribution in [2.75, 3.05) is 5.73 Å². The average Bonchev–Trinajstić information content (AvgIpc) is 2.99. The van der Waals surface area contributed by atoms with E-state index in [1.165, 1.54) is 77.0 Å². The maximum absolute atomic E-state index is 12.2. The maximum atomic E-state index is 12.2. The van der Waals surface area contributed by atoms with E-state index in [4.69, 9.17) is 23.7 Å². The molecule has 1 heterocycles. The summed E-state index contributed by atoms with van der Waals surface area (Å²) in [4.78, 5) is 23.6. The van der Waals surface area contributed by atoms with Crippen molar-refractivity contribution < 1.29 is 9.59 Å². The van der Waals surface area contributed by atoms with Gasteiger partial charge in [-0.15, -0.1) is 0 Å². The smallest absolute Gasteiger partial charge is 0.255 e. The minimum absolute atomic E-state index is 0.00783. The Balaban J connectivity index is 2.00. The highest BCUT2D eigenvalue weighted by Gasteiger charge is 2.18. The second-order valence-electron chi connectivity index (χ2n) is 7.99. The molecule has 29 heavy (non-hydrogen) atoms. The van der Waals surface area contributed by atoms with Gasteiger partial charge in [-0.2, -0.15) is 0 Å². The molecule has 6 nitrogen and oxygen atoms in total. The molecule has 1 rings (SSSR count). The minimum Gasteiger partial charge on any atom is -0.383 e. The number of aromatic amines is 1. The van der Waals surface area contributed by atoms with Gasteiger partial charge in [-0.05, 0) is 6.42 Å². The molecule has 1 aromatic heterocycles. The molecule has 0 aromatic carbocycles. The summed E-state index contributed by atoms with van der Waals surface area (Å²) in [7, 11) is 0. The summed E-state index contributed by atoms with van der Waals surface area (Å²) in [6, 6.07) is 0. The van der Waals surface area contributed by atoms with Crippen molar-refractivity contribution in [2.45, 2.75) is 110 Å². The van der Waals surface area contributed by atoms with Gasteiger partial charge in [-0.3, -0.25) is 14.7 Å². The number of nitrogens with one attached hydrogen (secondary N) is 1. The summed E-state index contributed by atoms with van der Waals surface area (Å²) < 4.78 is 1.26. The topological polar surface area (TPSA) is 107 Å². The van der Waals surface area contributed by atoms with Crippen LogP contribution in [-0.4, -0.2) is 21.6 Å². The monoisotopic (exact) mass is 424 g/mol. The van der Waals surface area contributed by atoms with E-state index in [-0.39, 0.29) is 21.9 Å². The second kappa shape index (κ2) is 15.2. The van der Waals surface area contributed by atoms with Gasteiger partial charge in [0.25, 0.3) is 5.91 Å². The van der Waals surface area contributed by atoms with Crippen molar-refractivity contribution in [3.8, 4) is 0 Å². The molecule has 0 fully saturated rings. The number of H-pyrrole nitrogens is 1. The number of primary amides is 1. The highest BCUT2D eigenvalue weighted by Crippen LogP contribution is 2.16. The molecule has 5 N–H and O–H groups in total. The molecule has 0 saturated carbocycles. The van der Waals surface area contributed by atoms with Crippen molar-refractivity contribution in [1.29, 1.82) is 0 Å². The Morgan fingerprint density at radius 1 is 0.828 bits per heavy atom. The van der Waals surface area contributed by atoms with Crippen LogP contribution in [0.5, 0.6) is 0 Å². The predicted molar refractivity (Wildman–Crippen MR) is 123 cm³/mol. The summed E-state index contributed by atoms with van der Waals surface area (Å²) in [5.41, 5.74) is 11.1. The number of hydrogen-bond donors (Lipinski definition) is 3. The van der Waals surface area contributed by atoms with Gasteiger partial charge in [-0.1, -0.05) is 109 Å². The first-order valence-electron chi connectivity index (χ1n) is 11.4. The maximum Gasteiger partial charge on any atom is 0.255 e. The van der Waals surface area contributed by atoms with Gasteiger partial charge in [0.2, 0.25) is 5.91 Å². The molecule has 1 amide bonds. The quantitative estimate of drug-likeness (QED) is 0.206. The normalized spacial score (nSPS) is 11.1. The minimum atomic E-state index is -0.720. The molecule has 0 aliphatic rings. The first-order valence-corrected chi connectivity index (χ1v) is 11.8. The van der Waals surface area contributed by atoms with Gasteiger partial charge in [0, 0.05) is 6.42 Å². The van der Waals surface area contributed by atoms with E-state index in [0.717, 1.165) is 23.9 Å². The Hall–Kier alpha value is -1.63. The Bertz CT molecular complexity index is 666. The van der Waals surface area contributed by atoms with Crippen LogP contribution in [0.1, 0.15) is 125 Å². The fraction of sp³-hybridized carbons (Fsp3) is 0.773. The first-order chi connectivity index (χ1) is 14.0. The van der Waals surface area contributed by atoms with Gasteiger partial charge in [0.15, 0.2) is 0 Å². The van der Waals surface area contributed by atoms with Gasteiger partial charge in [0.1, 0.15) is 16.0 Å². The number of nitrogens with zero attached hydrogens (tertiary/aromatic N) is 1. The third-order valence-corrected chi connectivity index (χ3v) is 5.72. The average molecular weight is 425 g/mol. The van der Waals surface area contributed by atoms with Gasteiger partial charge < -0.3 is 11.5 Å².